The van der Waals surface area contributed by atoms with Crippen LogP contribution in [0.4, 0.5) is 0 Å². The van der Waals surface area contributed by atoms with Crippen molar-refractivity contribution in [2.45, 2.75) is 158 Å². The first-order valence-electron chi connectivity index (χ1n) is 20.6. The van der Waals surface area contributed by atoms with E-state index in [0.29, 0.717) is 30.6 Å². The molecule has 6 aliphatic carbocycles. The van der Waals surface area contributed by atoms with Crippen molar-refractivity contribution in [3.63, 3.8) is 0 Å². The summed E-state index contributed by atoms with van der Waals surface area (Å²) in [5.74, 6) is -1.12. The zero-order valence-corrected chi connectivity index (χ0v) is 33.9. The van der Waals surface area contributed by atoms with Crippen LogP contribution in [0.2, 0.25) is 0 Å². The molecule has 0 heterocycles. The monoisotopic (exact) mass is 724 g/mol. The van der Waals surface area contributed by atoms with Crippen molar-refractivity contribution in [1.29, 1.82) is 0 Å². The molecule has 0 radical (unpaired) electrons. The van der Waals surface area contributed by atoms with Crippen LogP contribution in [0.1, 0.15) is 146 Å². The highest BCUT2D eigenvalue weighted by Crippen LogP contribution is 2.77. The number of fused-ring (bicyclic) bond motifs is 7. The minimum absolute atomic E-state index is 0.0322. The van der Waals surface area contributed by atoms with Gasteiger partial charge in [0.15, 0.2) is 0 Å². The lowest BCUT2D eigenvalue weighted by molar-refractivity contribution is -0.251. The molecule has 0 aliphatic heterocycles. The average Bonchev–Trinajstić information content (AvgIpc) is 3.43. The molecule has 6 rings (SSSR count). The summed E-state index contributed by atoms with van der Waals surface area (Å²) in [5, 5.41) is 22.8. The Balaban J connectivity index is 1.25. The van der Waals surface area contributed by atoms with E-state index in [1.807, 2.05) is 27.7 Å². The van der Waals surface area contributed by atoms with Gasteiger partial charge in [-0.3, -0.25) is 14.4 Å². The van der Waals surface area contributed by atoms with Gasteiger partial charge in [-0.2, -0.15) is 0 Å². The van der Waals surface area contributed by atoms with Crippen LogP contribution >= 0.6 is 0 Å². The molecule has 4 unspecified atom stereocenters. The van der Waals surface area contributed by atoms with Gasteiger partial charge in [0, 0.05) is 5.41 Å². The summed E-state index contributed by atoms with van der Waals surface area (Å²) in [4.78, 5) is 52.1. The quantitative estimate of drug-likeness (QED) is 0.160. The number of ether oxygens (including phenoxy) is 1. The fraction of sp³-hybridized carbons (Fsp3) is 0.864. The molecule has 8 heteroatoms. The molecule has 3 N–H and O–H groups in total. The number of hydrogen-bond donors (Lipinski definition) is 3. The van der Waals surface area contributed by atoms with Gasteiger partial charge in [-0.15, -0.1) is 0 Å². The van der Waals surface area contributed by atoms with E-state index in [0.717, 1.165) is 69.8 Å². The van der Waals surface area contributed by atoms with Crippen molar-refractivity contribution in [2.75, 3.05) is 0 Å². The molecule has 52 heavy (non-hydrogen) atoms. The molecule has 0 aromatic rings. The number of carboxylic acid groups (broad SMARTS) is 2. The summed E-state index contributed by atoms with van der Waals surface area (Å²) >= 11 is 0. The maximum absolute atomic E-state index is 14.5. The predicted molar refractivity (Wildman–Crippen MR) is 201 cm³/mol. The number of nitrogens with one attached hydrogen (secondary N) is 1. The topological polar surface area (TPSA) is 130 Å². The lowest BCUT2D eigenvalue weighted by Crippen LogP contribution is -2.67. The third-order valence-corrected chi connectivity index (χ3v) is 17.9. The van der Waals surface area contributed by atoms with Crippen LogP contribution in [0.15, 0.2) is 12.2 Å². The number of esters is 1. The number of aliphatic carboxylic acids is 2. The van der Waals surface area contributed by atoms with E-state index in [-0.39, 0.29) is 63.3 Å². The summed E-state index contributed by atoms with van der Waals surface area (Å²) in [5.41, 5.74) is -0.0373. The van der Waals surface area contributed by atoms with Crippen molar-refractivity contribution >= 4 is 23.8 Å². The van der Waals surface area contributed by atoms with Crippen LogP contribution in [0.3, 0.4) is 0 Å². The molecular formula is C44H69NO7. The van der Waals surface area contributed by atoms with Crippen LogP contribution in [-0.2, 0) is 23.9 Å². The van der Waals surface area contributed by atoms with Crippen LogP contribution in [0.5, 0.6) is 0 Å². The third kappa shape index (κ3) is 5.55. The van der Waals surface area contributed by atoms with Gasteiger partial charge in [-0.05, 0) is 141 Å². The molecule has 292 valence electrons. The number of rotatable bonds is 9. The van der Waals surface area contributed by atoms with E-state index in [1.54, 1.807) is 0 Å². The molecule has 1 amide bonds. The molecule has 6 fully saturated rings. The summed E-state index contributed by atoms with van der Waals surface area (Å²) in [7, 11) is 0. The molecule has 0 aromatic heterocycles. The first kappa shape index (κ1) is 39.3. The molecule has 6 aliphatic rings. The lowest BCUT2D eigenvalue weighted by Gasteiger charge is -2.73. The van der Waals surface area contributed by atoms with Gasteiger partial charge in [-0.25, -0.2) is 4.79 Å². The highest BCUT2D eigenvalue weighted by atomic mass is 16.5. The Hall–Kier alpha value is -2.38. The molecule has 6 saturated carbocycles. The molecule has 0 spiro atoms. The van der Waals surface area contributed by atoms with Gasteiger partial charge in [0.05, 0.1) is 17.3 Å². The summed E-state index contributed by atoms with van der Waals surface area (Å²) < 4.78 is 6.40. The standard InChI is InChI=1S/C44H69NO7/c1-24(2)22-30(36(48)49)45-38(51)44-19-14-26(25(3)4)34(44)27-12-13-32-41(9)17-16-33(52-37(50)29-23-28(35(46)47)39(29,5)6)40(7,8)31(41)15-18-43(32,11)42(27,10)20-21-44/h24,26-34H,3,12-23H2,1-2,4-11H3,(H,45,51)(H,46,47)(H,48,49)/t26-,27?,28-,29?,30?,31-,32+,33-,34?,41-,42+,43+,44-/m0/s1. The Morgan fingerprint density at radius 2 is 1.46 bits per heavy atom. The van der Waals surface area contributed by atoms with E-state index in [1.165, 1.54) is 0 Å². The maximum atomic E-state index is 14.5. The number of allylic oxidation sites excluding steroid dienone is 1. The Kier molecular flexibility index (Phi) is 9.72. The van der Waals surface area contributed by atoms with Gasteiger partial charge < -0.3 is 20.3 Å². The molecule has 0 saturated heterocycles. The van der Waals surface area contributed by atoms with Crippen molar-refractivity contribution < 1.29 is 34.1 Å². The van der Waals surface area contributed by atoms with Crippen molar-refractivity contribution in [2.24, 2.45) is 79.8 Å². The Bertz CT molecular complexity index is 1500. The van der Waals surface area contributed by atoms with Crippen molar-refractivity contribution in [3.8, 4) is 0 Å². The second-order valence-electron chi connectivity index (χ2n) is 21.1. The lowest BCUT2D eigenvalue weighted by atomic mass is 9.32. The van der Waals surface area contributed by atoms with E-state index < -0.39 is 34.7 Å². The number of carbonyl (C=O) groups excluding carboxylic acids is 2. The zero-order chi connectivity index (χ0) is 38.6. The second kappa shape index (κ2) is 12.9. The second-order valence-corrected chi connectivity index (χ2v) is 21.1. The largest absolute Gasteiger partial charge is 0.481 e. The van der Waals surface area contributed by atoms with E-state index >= 15 is 0 Å². The molecule has 0 aromatic carbocycles. The third-order valence-electron chi connectivity index (χ3n) is 17.9. The minimum Gasteiger partial charge on any atom is -0.481 e. The van der Waals surface area contributed by atoms with Crippen molar-refractivity contribution in [3.05, 3.63) is 12.2 Å². The minimum atomic E-state index is -0.950. The van der Waals surface area contributed by atoms with Crippen LogP contribution < -0.4 is 5.32 Å². The Morgan fingerprint density at radius 3 is 2.04 bits per heavy atom. The smallest absolute Gasteiger partial charge is 0.326 e. The van der Waals surface area contributed by atoms with Gasteiger partial charge in [-0.1, -0.05) is 74.5 Å². The Labute approximate surface area is 313 Å². The van der Waals surface area contributed by atoms with Gasteiger partial charge in [0.25, 0.3) is 0 Å². The van der Waals surface area contributed by atoms with Crippen molar-refractivity contribution in [1.82, 2.24) is 5.32 Å². The van der Waals surface area contributed by atoms with Gasteiger partial charge in [0.2, 0.25) is 5.91 Å². The first-order chi connectivity index (χ1) is 24.0. The SMILES string of the molecule is C=C(C)[C@@H]1CC[C@]2(C(=O)NC(CC(C)C)C(=O)O)CC[C@]3(C)C(CC[C@@H]4[C@@]5(C)CC[C@H](OC(=O)C6C[C@@H](C(=O)O)C6(C)C)C(C)(C)[C@@H]5CC[C@]43C)C12. The number of carboxylic acids is 2. The summed E-state index contributed by atoms with van der Waals surface area (Å²) in [6, 6.07) is -0.872. The highest BCUT2D eigenvalue weighted by Gasteiger charge is 2.72. The molecule has 8 nitrogen and oxygen atoms in total. The predicted octanol–water partition coefficient (Wildman–Crippen LogP) is 8.92. The molecular weight excluding hydrogens is 654 g/mol. The van der Waals surface area contributed by atoms with Gasteiger partial charge in [0.1, 0.15) is 12.1 Å². The number of amides is 1. The fourth-order valence-corrected chi connectivity index (χ4v) is 14.7. The Morgan fingerprint density at radius 1 is 0.788 bits per heavy atom. The maximum Gasteiger partial charge on any atom is 0.326 e. The van der Waals surface area contributed by atoms with Crippen LogP contribution in [-0.4, -0.2) is 46.2 Å². The summed E-state index contributed by atoms with van der Waals surface area (Å²) in [6.07, 6.45) is 10.2. The first-order valence-corrected chi connectivity index (χ1v) is 20.6. The van der Waals surface area contributed by atoms with E-state index in [9.17, 15) is 29.4 Å². The van der Waals surface area contributed by atoms with Crippen LogP contribution in [0, 0.1) is 79.8 Å². The van der Waals surface area contributed by atoms with E-state index in [4.69, 9.17) is 4.74 Å². The highest BCUT2D eigenvalue weighted by molar-refractivity contribution is 5.88. The number of hydrogen-bond acceptors (Lipinski definition) is 5. The average molecular weight is 724 g/mol. The molecule has 13 atom stereocenters. The fourth-order valence-electron chi connectivity index (χ4n) is 14.7. The zero-order valence-electron chi connectivity index (χ0n) is 33.9. The summed E-state index contributed by atoms with van der Waals surface area (Å²) in [6.45, 7) is 26.6. The molecule has 0 bridgehead atoms. The normalized spacial score (nSPS) is 44.8. The van der Waals surface area contributed by atoms with E-state index in [2.05, 4.69) is 53.4 Å². The van der Waals surface area contributed by atoms with Crippen LogP contribution in [0.25, 0.3) is 0 Å². The number of carbonyl (C=O) groups is 4. The van der Waals surface area contributed by atoms with Gasteiger partial charge >= 0.3 is 17.9 Å².